The molecule has 0 bridgehead atoms. The van der Waals surface area contributed by atoms with Crippen LogP contribution >= 0.6 is 34.8 Å². The van der Waals surface area contributed by atoms with Crippen LogP contribution in [0.25, 0.3) is 0 Å². The van der Waals surface area contributed by atoms with E-state index < -0.39 is 26.7 Å². The molecule has 0 aromatic heterocycles. The minimum atomic E-state index is -4.06. The lowest BCUT2D eigenvalue weighted by Gasteiger charge is -2.32. The van der Waals surface area contributed by atoms with Crippen molar-refractivity contribution in [2.45, 2.75) is 4.90 Å². The maximum Gasteiger partial charge on any atom is 0.323 e. The molecule has 2 aromatic carbocycles. The van der Waals surface area contributed by atoms with Gasteiger partial charge in [0, 0.05) is 26.2 Å². The van der Waals surface area contributed by atoms with E-state index in [0.717, 1.165) is 0 Å². The lowest BCUT2D eigenvalue weighted by molar-refractivity contribution is 0.222. The monoisotopic (exact) mass is 492 g/mol. The van der Waals surface area contributed by atoms with Gasteiger partial charge in [0.25, 0.3) is 0 Å². The fourth-order valence-corrected chi connectivity index (χ4v) is 5.29. The Morgan fingerprint density at radius 1 is 0.967 bits per heavy atom. The number of sulfonamides is 1. The number of carbonyl (C=O) groups excluding carboxylic acids is 1. The Hall–Kier alpha value is -1.75. The van der Waals surface area contributed by atoms with Crippen molar-refractivity contribution in [1.82, 2.24) is 9.21 Å². The number of rotatable bonds is 4. The molecule has 1 aliphatic rings. The van der Waals surface area contributed by atoms with Crippen LogP contribution in [0.1, 0.15) is 0 Å². The summed E-state index contributed by atoms with van der Waals surface area (Å²) in [5.41, 5.74) is 0.128. The molecule has 0 saturated carbocycles. The van der Waals surface area contributed by atoms with Gasteiger partial charge in [0.2, 0.25) is 10.0 Å². The Morgan fingerprint density at radius 3 is 2.27 bits per heavy atom. The van der Waals surface area contributed by atoms with Gasteiger partial charge < -0.3 is 20.6 Å². The van der Waals surface area contributed by atoms with Crippen LogP contribution in [-0.4, -0.2) is 62.0 Å². The smallest absolute Gasteiger partial charge is 0.323 e. The molecule has 3 N–H and O–H groups in total. The molecule has 0 radical (unpaired) electrons. The van der Waals surface area contributed by atoms with Crippen LogP contribution < -0.4 is 10.6 Å². The van der Waals surface area contributed by atoms with E-state index in [1.807, 2.05) is 11.9 Å². The molecule has 0 atom stereocenters. The number of phenols is 1. The minimum Gasteiger partial charge on any atom is -0.504 e. The molecule has 1 aliphatic heterocycles. The second kappa shape index (κ2) is 9.17. The van der Waals surface area contributed by atoms with Crippen molar-refractivity contribution in [2.75, 3.05) is 43.9 Å². The summed E-state index contributed by atoms with van der Waals surface area (Å²) in [6.45, 7) is 1.64. The van der Waals surface area contributed by atoms with Crippen LogP contribution in [0.15, 0.2) is 35.2 Å². The zero-order valence-corrected chi connectivity index (χ0v) is 18.9. The number of benzene rings is 2. The fourth-order valence-electron chi connectivity index (χ4n) is 2.93. The highest BCUT2D eigenvalue weighted by atomic mass is 35.5. The normalized spacial score (nSPS) is 15.7. The van der Waals surface area contributed by atoms with Crippen LogP contribution in [0.3, 0.4) is 0 Å². The highest BCUT2D eigenvalue weighted by molar-refractivity contribution is 7.89. The van der Waals surface area contributed by atoms with Gasteiger partial charge in [-0.05, 0) is 31.3 Å². The second-order valence-corrected chi connectivity index (χ2v) is 9.73. The predicted molar refractivity (Wildman–Crippen MR) is 118 cm³/mol. The molecule has 162 valence electrons. The maximum atomic E-state index is 13.0. The standard InChI is InChI=1S/C18H19Cl3N4O4S/c1-24-7-9-25(10-8-24)30(28,29)17-12(20)5-6-14(16(17)26)23-18(27)22-13-4-2-3-11(19)15(13)21/h2-6,26H,7-10H2,1H3,(H2,22,23,27). The molecule has 0 unspecified atom stereocenters. The molecular formula is C18H19Cl3N4O4S. The Morgan fingerprint density at radius 2 is 1.60 bits per heavy atom. The highest BCUT2D eigenvalue weighted by Gasteiger charge is 2.33. The van der Waals surface area contributed by atoms with Gasteiger partial charge in [-0.3, -0.25) is 0 Å². The van der Waals surface area contributed by atoms with E-state index in [4.69, 9.17) is 34.8 Å². The second-order valence-electron chi connectivity index (χ2n) is 6.66. The van der Waals surface area contributed by atoms with Gasteiger partial charge in [-0.25, -0.2) is 13.2 Å². The van der Waals surface area contributed by atoms with E-state index in [1.54, 1.807) is 18.2 Å². The lowest BCUT2D eigenvalue weighted by Crippen LogP contribution is -2.47. The molecule has 3 rings (SSSR count). The quantitative estimate of drug-likeness (QED) is 0.560. The molecule has 1 heterocycles. The summed E-state index contributed by atoms with van der Waals surface area (Å²) in [6, 6.07) is 6.56. The number of aromatic hydroxyl groups is 1. The van der Waals surface area contributed by atoms with E-state index in [0.29, 0.717) is 13.1 Å². The summed E-state index contributed by atoms with van der Waals surface area (Å²) in [6.07, 6.45) is 0. The molecule has 2 amide bonds. The summed E-state index contributed by atoms with van der Waals surface area (Å²) in [4.78, 5) is 13.9. The van der Waals surface area contributed by atoms with Crippen molar-refractivity contribution < 1.29 is 18.3 Å². The van der Waals surface area contributed by atoms with Crippen molar-refractivity contribution in [3.05, 3.63) is 45.4 Å². The molecule has 12 heteroatoms. The first-order chi connectivity index (χ1) is 14.1. The number of nitrogens with one attached hydrogen (secondary N) is 2. The number of anilines is 2. The molecular weight excluding hydrogens is 475 g/mol. The van der Waals surface area contributed by atoms with Crippen LogP contribution in [0.4, 0.5) is 16.2 Å². The Balaban J connectivity index is 1.85. The molecule has 1 fully saturated rings. The van der Waals surface area contributed by atoms with Crippen LogP contribution in [0, 0.1) is 0 Å². The lowest BCUT2D eigenvalue weighted by atomic mass is 10.3. The summed E-state index contributed by atoms with van der Waals surface area (Å²) in [7, 11) is -2.17. The number of hydrogen-bond acceptors (Lipinski definition) is 5. The van der Waals surface area contributed by atoms with Gasteiger partial charge in [0.15, 0.2) is 5.75 Å². The number of piperazine rings is 1. The van der Waals surface area contributed by atoms with Crippen molar-refractivity contribution in [3.8, 4) is 5.75 Å². The van der Waals surface area contributed by atoms with Gasteiger partial charge in [0.1, 0.15) is 4.90 Å². The van der Waals surface area contributed by atoms with Gasteiger partial charge in [-0.2, -0.15) is 4.31 Å². The van der Waals surface area contributed by atoms with E-state index in [2.05, 4.69) is 10.6 Å². The van der Waals surface area contributed by atoms with Crippen molar-refractivity contribution >= 4 is 62.2 Å². The fraction of sp³-hybridized carbons (Fsp3) is 0.278. The summed E-state index contributed by atoms with van der Waals surface area (Å²) >= 11 is 18.1. The number of carbonyl (C=O) groups is 1. The van der Waals surface area contributed by atoms with Crippen LogP contribution in [-0.2, 0) is 10.0 Å². The Bertz CT molecular complexity index is 1070. The van der Waals surface area contributed by atoms with Crippen LogP contribution in [0.2, 0.25) is 15.1 Å². The summed E-state index contributed by atoms with van der Waals surface area (Å²) < 4.78 is 27.4. The van der Waals surface area contributed by atoms with Gasteiger partial charge in [-0.15, -0.1) is 0 Å². The number of urea groups is 1. The maximum absolute atomic E-state index is 13.0. The zero-order valence-electron chi connectivity index (χ0n) is 15.8. The first-order valence-electron chi connectivity index (χ1n) is 8.83. The van der Waals surface area contributed by atoms with E-state index in [1.165, 1.54) is 16.4 Å². The zero-order chi connectivity index (χ0) is 22.1. The minimum absolute atomic E-state index is 0.122. The average molecular weight is 494 g/mol. The third kappa shape index (κ3) is 4.77. The molecule has 2 aromatic rings. The molecule has 8 nitrogen and oxygen atoms in total. The third-order valence-electron chi connectivity index (χ3n) is 4.59. The van der Waals surface area contributed by atoms with Crippen molar-refractivity contribution in [3.63, 3.8) is 0 Å². The molecule has 0 spiro atoms. The number of likely N-dealkylation sites (N-methyl/N-ethyl adjacent to an activating group) is 1. The van der Waals surface area contributed by atoms with E-state index in [9.17, 15) is 18.3 Å². The van der Waals surface area contributed by atoms with Gasteiger partial charge >= 0.3 is 6.03 Å². The van der Waals surface area contributed by atoms with E-state index >= 15 is 0 Å². The molecule has 0 aliphatic carbocycles. The average Bonchev–Trinajstić information content (AvgIpc) is 2.68. The number of nitrogens with zero attached hydrogens (tertiary/aromatic N) is 2. The van der Waals surface area contributed by atoms with Crippen molar-refractivity contribution in [2.24, 2.45) is 0 Å². The number of halogens is 3. The Labute approximate surface area is 189 Å². The Kier molecular flexibility index (Phi) is 7.01. The van der Waals surface area contributed by atoms with Gasteiger partial charge in [0.05, 0.1) is 26.4 Å². The topological polar surface area (TPSA) is 102 Å². The number of hydrogen-bond donors (Lipinski definition) is 3. The largest absolute Gasteiger partial charge is 0.504 e. The predicted octanol–water partition coefficient (Wildman–Crippen LogP) is 3.93. The number of phenolic OH excluding ortho intramolecular Hbond substituents is 1. The SMILES string of the molecule is CN1CCN(S(=O)(=O)c2c(Cl)ccc(NC(=O)Nc3cccc(Cl)c3Cl)c2O)CC1. The molecule has 30 heavy (non-hydrogen) atoms. The first kappa shape index (κ1) is 22.9. The summed E-state index contributed by atoms with van der Waals surface area (Å²) in [5, 5.41) is 15.8. The molecule has 1 saturated heterocycles. The number of amides is 2. The third-order valence-corrected chi connectivity index (χ3v) is 7.81. The van der Waals surface area contributed by atoms with E-state index in [-0.39, 0.29) is 39.5 Å². The van der Waals surface area contributed by atoms with Gasteiger partial charge in [-0.1, -0.05) is 40.9 Å². The highest BCUT2D eigenvalue weighted by Crippen LogP contribution is 2.39. The first-order valence-corrected chi connectivity index (χ1v) is 11.4. The van der Waals surface area contributed by atoms with Crippen molar-refractivity contribution in [1.29, 1.82) is 0 Å². The van der Waals surface area contributed by atoms with Crippen LogP contribution in [0.5, 0.6) is 5.75 Å². The summed E-state index contributed by atoms with van der Waals surface area (Å²) in [5.74, 6) is -0.645.